The Bertz CT molecular complexity index is 1010. The van der Waals surface area contributed by atoms with E-state index in [0.29, 0.717) is 5.56 Å². The molecule has 27 heavy (non-hydrogen) atoms. The number of hydrogen-bond donors (Lipinski definition) is 0. The van der Waals surface area contributed by atoms with Gasteiger partial charge in [0.1, 0.15) is 5.82 Å². The lowest BCUT2D eigenvalue weighted by Crippen LogP contribution is -2.15. The van der Waals surface area contributed by atoms with Crippen LogP contribution in [-0.4, -0.2) is 24.1 Å². The minimum atomic E-state index is -0.645. The Hall–Kier alpha value is -3.34. The van der Waals surface area contributed by atoms with Gasteiger partial charge in [-0.2, -0.15) is 0 Å². The summed E-state index contributed by atoms with van der Waals surface area (Å²) in [5, 5.41) is 1.98. The summed E-state index contributed by atoms with van der Waals surface area (Å²) >= 11 is 0. The number of fused-ring (bicyclic) bond motifs is 1. The van der Waals surface area contributed by atoms with E-state index >= 15 is 0 Å². The quantitative estimate of drug-likeness (QED) is 0.461. The van der Waals surface area contributed by atoms with Gasteiger partial charge >= 0.3 is 5.97 Å². The zero-order valence-electron chi connectivity index (χ0n) is 14.5. The van der Waals surface area contributed by atoms with E-state index < -0.39 is 24.2 Å². The summed E-state index contributed by atoms with van der Waals surface area (Å²) < 4.78 is 18.0. The van der Waals surface area contributed by atoms with Crippen molar-refractivity contribution >= 4 is 28.3 Å². The molecule has 5 heteroatoms. The second-order valence-corrected chi connectivity index (χ2v) is 6.08. The molecule has 0 spiro atoms. The Kier molecular flexibility index (Phi) is 5.71. The number of halogens is 1. The maximum absolute atomic E-state index is 13.1. The third-order valence-electron chi connectivity index (χ3n) is 4.14. The Morgan fingerprint density at radius 1 is 0.741 bits per heavy atom. The number of ether oxygens (including phenoxy) is 1. The third-order valence-corrected chi connectivity index (χ3v) is 4.14. The Morgan fingerprint density at radius 2 is 1.48 bits per heavy atom. The fourth-order valence-electron chi connectivity index (χ4n) is 2.69. The summed E-state index contributed by atoms with van der Waals surface area (Å²) in [6.45, 7) is -0.480. The van der Waals surface area contributed by atoms with Gasteiger partial charge < -0.3 is 4.74 Å². The molecule has 136 valence electrons. The van der Waals surface area contributed by atoms with Gasteiger partial charge in [-0.1, -0.05) is 48.5 Å². The first-order chi connectivity index (χ1) is 13.0. The fraction of sp³-hybridized carbons (Fsp3) is 0.136. The topological polar surface area (TPSA) is 60.4 Å². The van der Waals surface area contributed by atoms with E-state index in [1.165, 1.54) is 18.2 Å². The SMILES string of the molecule is O=C(CCC(=O)c1ccc2ccccc2c1)OCC(=O)c1cccc(F)c1. The zero-order chi connectivity index (χ0) is 19.2. The van der Waals surface area contributed by atoms with Gasteiger partial charge in [0, 0.05) is 17.5 Å². The van der Waals surface area contributed by atoms with Gasteiger partial charge in [0.25, 0.3) is 0 Å². The van der Waals surface area contributed by atoms with Crippen molar-refractivity contribution in [2.75, 3.05) is 6.61 Å². The van der Waals surface area contributed by atoms with Crippen molar-refractivity contribution in [3.8, 4) is 0 Å². The first-order valence-electron chi connectivity index (χ1n) is 8.49. The first kappa shape index (κ1) is 18.5. The molecule has 0 saturated carbocycles. The molecule has 0 aliphatic rings. The first-order valence-corrected chi connectivity index (χ1v) is 8.49. The highest BCUT2D eigenvalue weighted by molar-refractivity contribution is 6.01. The third kappa shape index (κ3) is 4.85. The van der Waals surface area contributed by atoms with Crippen molar-refractivity contribution in [2.24, 2.45) is 0 Å². The van der Waals surface area contributed by atoms with Crippen molar-refractivity contribution < 1.29 is 23.5 Å². The average molecular weight is 364 g/mol. The van der Waals surface area contributed by atoms with E-state index in [4.69, 9.17) is 4.74 Å². The van der Waals surface area contributed by atoms with Crippen LogP contribution in [0.15, 0.2) is 66.7 Å². The van der Waals surface area contributed by atoms with E-state index in [2.05, 4.69) is 0 Å². The zero-order valence-corrected chi connectivity index (χ0v) is 14.5. The monoisotopic (exact) mass is 364 g/mol. The molecule has 3 rings (SSSR count). The maximum Gasteiger partial charge on any atom is 0.306 e. The van der Waals surface area contributed by atoms with Gasteiger partial charge in [0.2, 0.25) is 0 Å². The van der Waals surface area contributed by atoms with Crippen molar-refractivity contribution in [3.63, 3.8) is 0 Å². The number of benzene rings is 3. The molecule has 0 atom stereocenters. The Balaban J connectivity index is 1.50. The van der Waals surface area contributed by atoms with Crippen molar-refractivity contribution in [3.05, 3.63) is 83.7 Å². The number of Topliss-reactive ketones (excluding diaryl/α,β-unsaturated/α-hetero) is 2. The minimum absolute atomic E-state index is 0.00860. The highest BCUT2D eigenvalue weighted by Gasteiger charge is 2.13. The van der Waals surface area contributed by atoms with Crippen molar-refractivity contribution in [2.45, 2.75) is 12.8 Å². The second kappa shape index (κ2) is 8.36. The number of hydrogen-bond acceptors (Lipinski definition) is 4. The normalized spacial score (nSPS) is 10.6. The number of carbonyl (C=O) groups excluding carboxylic acids is 3. The van der Waals surface area contributed by atoms with Crippen LogP contribution in [0.3, 0.4) is 0 Å². The van der Waals surface area contributed by atoms with Crippen LogP contribution in [0.4, 0.5) is 4.39 Å². The van der Waals surface area contributed by atoms with Gasteiger partial charge in [-0.15, -0.1) is 0 Å². The molecule has 0 aliphatic carbocycles. The van der Waals surface area contributed by atoms with Crippen LogP contribution in [0, 0.1) is 5.82 Å². The van der Waals surface area contributed by atoms with Crippen molar-refractivity contribution in [1.29, 1.82) is 0 Å². The second-order valence-electron chi connectivity index (χ2n) is 6.08. The van der Waals surface area contributed by atoms with E-state index in [1.54, 1.807) is 12.1 Å². The molecule has 0 saturated heterocycles. The number of esters is 1. The van der Waals surface area contributed by atoms with Gasteiger partial charge in [0.15, 0.2) is 18.2 Å². The molecule has 3 aromatic rings. The maximum atomic E-state index is 13.1. The van der Waals surface area contributed by atoms with Crippen LogP contribution >= 0.6 is 0 Å². The van der Waals surface area contributed by atoms with Crippen LogP contribution < -0.4 is 0 Å². The predicted molar refractivity (Wildman–Crippen MR) is 99.2 cm³/mol. The lowest BCUT2D eigenvalue weighted by molar-refractivity contribution is -0.142. The number of carbonyl (C=O) groups is 3. The summed E-state index contributed by atoms with van der Waals surface area (Å²) in [5.41, 5.74) is 0.660. The Labute approximate surface area is 155 Å². The smallest absolute Gasteiger partial charge is 0.306 e. The van der Waals surface area contributed by atoms with Gasteiger partial charge in [-0.3, -0.25) is 14.4 Å². The minimum Gasteiger partial charge on any atom is -0.457 e. The summed E-state index contributed by atoms with van der Waals surface area (Å²) in [6.07, 6.45) is -0.132. The van der Waals surface area contributed by atoms with Gasteiger partial charge in [-0.25, -0.2) is 4.39 Å². The molecule has 0 bridgehead atoms. The molecule has 0 aromatic heterocycles. The molecule has 0 fully saturated rings. The summed E-state index contributed by atoms with van der Waals surface area (Å²) in [7, 11) is 0. The molecule has 0 aliphatic heterocycles. The van der Waals surface area contributed by atoms with Crippen LogP contribution in [0.5, 0.6) is 0 Å². The van der Waals surface area contributed by atoms with Gasteiger partial charge in [-0.05, 0) is 29.0 Å². The highest BCUT2D eigenvalue weighted by atomic mass is 19.1. The number of ketones is 2. The summed E-state index contributed by atoms with van der Waals surface area (Å²) in [5.74, 6) is -1.85. The van der Waals surface area contributed by atoms with Crippen molar-refractivity contribution in [1.82, 2.24) is 0 Å². The molecular formula is C22H17FO4. The lowest BCUT2D eigenvalue weighted by atomic mass is 10.0. The summed E-state index contributed by atoms with van der Waals surface area (Å²) in [6, 6.07) is 18.2. The van der Waals surface area contributed by atoms with E-state index in [-0.39, 0.29) is 24.2 Å². The standard InChI is InChI=1S/C22H17FO4/c23-19-7-3-6-17(13-19)21(25)14-27-22(26)11-10-20(24)18-9-8-15-4-1-2-5-16(15)12-18/h1-9,12-13H,10-11,14H2. The molecule has 0 N–H and O–H groups in total. The molecule has 0 amide bonds. The Morgan fingerprint density at radius 3 is 2.26 bits per heavy atom. The van der Waals surface area contributed by atoms with E-state index in [9.17, 15) is 18.8 Å². The molecule has 3 aromatic carbocycles. The average Bonchev–Trinajstić information content (AvgIpc) is 2.69. The lowest BCUT2D eigenvalue weighted by Gasteiger charge is -2.05. The van der Waals surface area contributed by atoms with Crippen LogP contribution in [0.1, 0.15) is 33.6 Å². The molecular weight excluding hydrogens is 347 g/mol. The van der Waals surface area contributed by atoms with Crippen LogP contribution in [-0.2, 0) is 9.53 Å². The fourth-order valence-corrected chi connectivity index (χ4v) is 2.69. The van der Waals surface area contributed by atoms with E-state index in [1.807, 2.05) is 30.3 Å². The van der Waals surface area contributed by atoms with Crippen LogP contribution in [0.2, 0.25) is 0 Å². The number of rotatable bonds is 7. The van der Waals surface area contributed by atoms with E-state index in [0.717, 1.165) is 16.8 Å². The predicted octanol–water partition coefficient (Wildman–Crippen LogP) is 4.37. The largest absolute Gasteiger partial charge is 0.457 e. The molecule has 4 nitrogen and oxygen atoms in total. The van der Waals surface area contributed by atoms with Gasteiger partial charge in [0.05, 0.1) is 6.42 Å². The molecule has 0 heterocycles. The van der Waals surface area contributed by atoms with Crippen LogP contribution in [0.25, 0.3) is 10.8 Å². The highest BCUT2D eigenvalue weighted by Crippen LogP contribution is 2.17. The molecule has 0 unspecified atom stereocenters. The summed E-state index contributed by atoms with van der Waals surface area (Å²) in [4.78, 5) is 35.9. The molecule has 0 radical (unpaired) electrons.